The second-order valence-corrected chi connectivity index (χ2v) is 6.00. The Hall–Kier alpha value is -3.08. The number of para-hydroxylation sites is 2. The molecule has 2 rings (SSSR count). The number of carbonyl (C=O) groups is 1. The first kappa shape index (κ1) is 19.2. The molecule has 3 N–H and O–H groups in total. The summed E-state index contributed by atoms with van der Waals surface area (Å²) in [6, 6.07) is 12.8. The second kappa shape index (κ2) is 9.42. The van der Waals surface area contributed by atoms with Gasteiger partial charge in [-0.3, -0.25) is 4.79 Å². The van der Waals surface area contributed by atoms with Crippen LogP contribution in [-0.4, -0.2) is 23.3 Å². The number of nitrogens with zero attached hydrogens (tertiary/aromatic N) is 1. The van der Waals surface area contributed by atoms with E-state index in [1.165, 1.54) is 6.21 Å². The van der Waals surface area contributed by atoms with Gasteiger partial charge in [0.2, 0.25) is 0 Å². The van der Waals surface area contributed by atoms with Crippen LogP contribution in [0.1, 0.15) is 30.0 Å². The first-order chi connectivity index (χ1) is 12.6. The van der Waals surface area contributed by atoms with E-state index in [4.69, 9.17) is 0 Å². The quantitative estimate of drug-likeness (QED) is 0.385. The van der Waals surface area contributed by atoms with E-state index in [1.54, 1.807) is 12.1 Å². The number of hydrazone groups is 1. The summed E-state index contributed by atoms with van der Waals surface area (Å²) in [5.41, 5.74) is 5.85. The number of hydrogen-bond acceptors (Lipinski definition) is 4. The SMILES string of the molecule is C=CCc1cccc(/C=N\NC(=O)[C@H](CC)Nc2ccccc2C)c1O. The van der Waals surface area contributed by atoms with Crippen molar-refractivity contribution in [3.63, 3.8) is 0 Å². The lowest BCUT2D eigenvalue weighted by molar-refractivity contribution is -0.121. The fourth-order valence-electron chi connectivity index (χ4n) is 2.55. The number of benzene rings is 2. The summed E-state index contributed by atoms with van der Waals surface area (Å²) in [6.07, 6.45) is 4.36. The largest absolute Gasteiger partial charge is 0.507 e. The average molecular weight is 351 g/mol. The van der Waals surface area contributed by atoms with Crippen LogP contribution in [0.25, 0.3) is 0 Å². The maximum absolute atomic E-state index is 12.4. The van der Waals surface area contributed by atoms with Crippen LogP contribution < -0.4 is 10.7 Å². The summed E-state index contributed by atoms with van der Waals surface area (Å²) in [5, 5.41) is 17.4. The number of amides is 1. The molecule has 0 fully saturated rings. The van der Waals surface area contributed by atoms with E-state index in [1.807, 2.05) is 50.2 Å². The van der Waals surface area contributed by atoms with Crippen molar-refractivity contribution in [1.29, 1.82) is 0 Å². The van der Waals surface area contributed by atoms with Crippen LogP contribution in [0, 0.1) is 6.92 Å². The molecule has 0 spiro atoms. The fraction of sp³-hybridized carbons (Fsp3) is 0.238. The van der Waals surface area contributed by atoms with E-state index < -0.39 is 6.04 Å². The van der Waals surface area contributed by atoms with Gasteiger partial charge in [-0.1, -0.05) is 43.3 Å². The Morgan fingerprint density at radius 2 is 2.04 bits per heavy atom. The Balaban J connectivity index is 2.02. The summed E-state index contributed by atoms with van der Waals surface area (Å²) in [7, 11) is 0. The summed E-state index contributed by atoms with van der Waals surface area (Å²) >= 11 is 0. The van der Waals surface area contributed by atoms with Crippen molar-refractivity contribution < 1.29 is 9.90 Å². The molecule has 0 radical (unpaired) electrons. The molecular formula is C21H25N3O2. The topological polar surface area (TPSA) is 73.7 Å². The van der Waals surface area contributed by atoms with Gasteiger partial charge in [0, 0.05) is 11.3 Å². The zero-order valence-electron chi connectivity index (χ0n) is 15.2. The van der Waals surface area contributed by atoms with Gasteiger partial charge in [0.1, 0.15) is 11.8 Å². The first-order valence-corrected chi connectivity index (χ1v) is 8.63. The van der Waals surface area contributed by atoms with E-state index in [2.05, 4.69) is 22.4 Å². The number of hydrogen-bond donors (Lipinski definition) is 3. The Morgan fingerprint density at radius 1 is 1.27 bits per heavy atom. The molecule has 1 amide bonds. The normalized spacial score (nSPS) is 11.9. The smallest absolute Gasteiger partial charge is 0.262 e. The highest BCUT2D eigenvalue weighted by Gasteiger charge is 2.16. The van der Waals surface area contributed by atoms with Gasteiger partial charge in [0.15, 0.2) is 0 Å². The predicted octanol–water partition coefficient (Wildman–Crippen LogP) is 3.77. The number of phenolic OH excluding ortho intramolecular Hbond substituents is 1. The summed E-state index contributed by atoms with van der Waals surface area (Å²) in [6.45, 7) is 7.60. The van der Waals surface area contributed by atoms with Gasteiger partial charge in [-0.05, 0) is 43.0 Å². The van der Waals surface area contributed by atoms with Gasteiger partial charge < -0.3 is 10.4 Å². The third-order valence-electron chi connectivity index (χ3n) is 4.09. The van der Waals surface area contributed by atoms with Gasteiger partial charge in [-0.2, -0.15) is 5.10 Å². The Morgan fingerprint density at radius 3 is 2.73 bits per heavy atom. The molecule has 5 heteroatoms. The summed E-state index contributed by atoms with van der Waals surface area (Å²) in [5.74, 6) is -0.0794. The van der Waals surface area contributed by atoms with Gasteiger partial charge in [0.05, 0.1) is 6.21 Å². The van der Waals surface area contributed by atoms with Gasteiger partial charge in [-0.15, -0.1) is 6.58 Å². The van der Waals surface area contributed by atoms with Crippen LogP contribution in [0.4, 0.5) is 5.69 Å². The van der Waals surface area contributed by atoms with Crippen molar-refractivity contribution in [3.05, 3.63) is 71.8 Å². The van der Waals surface area contributed by atoms with Crippen molar-refractivity contribution in [3.8, 4) is 5.75 Å². The van der Waals surface area contributed by atoms with E-state index in [9.17, 15) is 9.90 Å². The number of carbonyl (C=O) groups excluding carboxylic acids is 1. The van der Waals surface area contributed by atoms with E-state index >= 15 is 0 Å². The molecule has 2 aromatic rings. The van der Waals surface area contributed by atoms with Crippen molar-refractivity contribution in [2.24, 2.45) is 5.10 Å². The number of nitrogens with one attached hydrogen (secondary N) is 2. The van der Waals surface area contributed by atoms with Crippen LogP contribution >= 0.6 is 0 Å². The highest BCUT2D eigenvalue weighted by molar-refractivity contribution is 5.88. The maximum Gasteiger partial charge on any atom is 0.262 e. The van der Waals surface area contributed by atoms with E-state index in [0.29, 0.717) is 18.4 Å². The number of rotatable bonds is 8. The van der Waals surface area contributed by atoms with Crippen LogP contribution in [-0.2, 0) is 11.2 Å². The lowest BCUT2D eigenvalue weighted by Gasteiger charge is -2.17. The first-order valence-electron chi connectivity index (χ1n) is 8.63. The Bertz CT molecular complexity index is 800. The van der Waals surface area contributed by atoms with E-state index in [0.717, 1.165) is 16.8 Å². The maximum atomic E-state index is 12.4. The molecule has 1 atom stereocenters. The van der Waals surface area contributed by atoms with Crippen LogP contribution in [0.2, 0.25) is 0 Å². The molecule has 26 heavy (non-hydrogen) atoms. The highest BCUT2D eigenvalue weighted by Crippen LogP contribution is 2.21. The molecular weight excluding hydrogens is 326 g/mol. The van der Waals surface area contributed by atoms with Gasteiger partial charge >= 0.3 is 0 Å². The van der Waals surface area contributed by atoms with Crippen molar-refractivity contribution in [2.75, 3.05) is 5.32 Å². The molecule has 2 aromatic carbocycles. The predicted molar refractivity (Wildman–Crippen MR) is 107 cm³/mol. The second-order valence-electron chi connectivity index (χ2n) is 6.00. The fourth-order valence-corrected chi connectivity index (χ4v) is 2.55. The number of phenols is 1. The summed E-state index contributed by atoms with van der Waals surface area (Å²) in [4.78, 5) is 12.4. The molecule has 0 saturated carbocycles. The number of aromatic hydroxyl groups is 1. The van der Waals surface area contributed by atoms with Gasteiger partial charge in [0.25, 0.3) is 5.91 Å². The van der Waals surface area contributed by atoms with Crippen molar-refractivity contribution >= 4 is 17.8 Å². The summed E-state index contributed by atoms with van der Waals surface area (Å²) < 4.78 is 0. The van der Waals surface area contributed by atoms with Gasteiger partial charge in [-0.25, -0.2) is 5.43 Å². The van der Waals surface area contributed by atoms with Crippen molar-refractivity contribution in [2.45, 2.75) is 32.7 Å². The third-order valence-corrected chi connectivity index (χ3v) is 4.09. The molecule has 5 nitrogen and oxygen atoms in total. The molecule has 0 heterocycles. The highest BCUT2D eigenvalue weighted by atomic mass is 16.3. The van der Waals surface area contributed by atoms with Crippen LogP contribution in [0.5, 0.6) is 5.75 Å². The zero-order valence-corrected chi connectivity index (χ0v) is 15.2. The lowest BCUT2D eigenvalue weighted by atomic mass is 10.1. The number of anilines is 1. The molecule has 0 aliphatic rings. The average Bonchev–Trinajstić information content (AvgIpc) is 2.64. The minimum absolute atomic E-state index is 0.149. The lowest BCUT2D eigenvalue weighted by Crippen LogP contribution is -2.37. The monoisotopic (exact) mass is 351 g/mol. The number of aryl methyl sites for hydroxylation is 1. The minimum Gasteiger partial charge on any atom is -0.507 e. The molecule has 0 aromatic heterocycles. The minimum atomic E-state index is -0.394. The third kappa shape index (κ3) is 4.96. The molecule has 0 bridgehead atoms. The Kier molecular flexibility index (Phi) is 6.97. The van der Waals surface area contributed by atoms with Crippen molar-refractivity contribution in [1.82, 2.24) is 5.43 Å². The Labute approximate surface area is 154 Å². The standard InChI is InChI=1S/C21H25N3O2/c1-4-9-16-11-8-12-17(20(16)25)14-22-24-21(26)18(5-2)23-19-13-7-6-10-15(19)3/h4,6-8,10-14,18,23,25H,1,5,9H2,2-3H3,(H,24,26)/b22-14-/t18-/m0/s1. The van der Waals surface area contributed by atoms with Crippen LogP contribution in [0.15, 0.2) is 60.2 Å². The molecule has 0 unspecified atom stereocenters. The number of allylic oxidation sites excluding steroid dienone is 1. The molecule has 0 saturated heterocycles. The molecule has 0 aliphatic carbocycles. The molecule has 136 valence electrons. The van der Waals surface area contributed by atoms with E-state index in [-0.39, 0.29) is 11.7 Å². The zero-order chi connectivity index (χ0) is 18.9. The van der Waals surface area contributed by atoms with Crippen LogP contribution in [0.3, 0.4) is 0 Å². The molecule has 0 aliphatic heterocycles.